The van der Waals surface area contributed by atoms with Crippen LogP contribution in [0.4, 0.5) is 0 Å². The Hall–Kier alpha value is -0.600. The molecule has 3 heterocycles. The van der Waals surface area contributed by atoms with E-state index in [1.165, 1.54) is 25.9 Å². The summed E-state index contributed by atoms with van der Waals surface area (Å²) in [6, 6.07) is 0. The molecule has 1 aromatic heterocycles. The Morgan fingerprint density at radius 1 is 1.29 bits per heavy atom. The molecule has 0 spiro atoms. The minimum absolute atomic E-state index is 0.0143. The SMILES string of the molecule is Cn1c(SCCN2CCCC2)nnc1[C@@H]1CCS(=O)(=O)C1. The van der Waals surface area contributed by atoms with E-state index in [1.807, 2.05) is 11.6 Å². The van der Waals surface area contributed by atoms with Crippen molar-refractivity contribution in [2.45, 2.75) is 30.3 Å². The van der Waals surface area contributed by atoms with Crippen molar-refractivity contribution in [1.82, 2.24) is 19.7 Å². The predicted molar refractivity (Wildman–Crippen MR) is 83.4 cm³/mol. The van der Waals surface area contributed by atoms with Crippen molar-refractivity contribution in [1.29, 1.82) is 0 Å². The van der Waals surface area contributed by atoms with Crippen LogP contribution in [-0.2, 0) is 16.9 Å². The van der Waals surface area contributed by atoms with Gasteiger partial charge in [-0.3, -0.25) is 0 Å². The fraction of sp³-hybridized carbons (Fsp3) is 0.846. The monoisotopic (exact) mass is 330 g/mol. The average Bonchev–Trinajstić information content (AvgIpc) is 3.12. The van der Waals surface area contributed by atoms with Crippen LogP contribution >= 0.6 is 11.8 Å². The fourth-order valence-electron chi connectivity index (χ4n) is 3.08. The summed E-state index contributed by atoms with van der Waals surface area (Å²) in [5.74, 6) is 2.34. The summed E-state index contributed by atoms with van der Waals surface area (Å²) in [6.07, 6.45) is 3.30. The molecule has 0 unspecified atom stereocenters. The number of thioether (sulfide) groups is 1. The molecule has 1 atom stereocenters. The van der Waals surface area contributed by atoms with Gasteiger partial charge in [0, 0.05) is 25.3 Å². The summed E-state index contributed by atoms with van der Waals surface area (Å²) < 4.78 is 25.1. The van der Waals surface area contributed by atoms with Gasteiger partial charge in [0.25, 0.3) is 0 Å². The highest BCUT2D eigenvalue weighted by Gasteiger charge is 2.32. The summed E-state index contributed by atoms with van der Waals surface area (Å²) in [4.78, 5) is 2.48. The minimum Gasteiger partial charge on any atom is -0.309 e. The molecule has 118 valence electrons. The lowest BCUT2D eigenvalue weighted by Gasteiger charge is -2.13. The van der Waals surface area contributed by atoms with Crippen molar-refractivity contribution in [2.75, 3.05) is 36.9 Å². The third-order valence-electron chi connectivity index (χ3n) is 4.30. The fourth-order valence-corrected chi connectivity index (χ4v) is 5.74. The highest BCUT2D eigenvalue weighted by molar-refractivity contribution is 7.99. The van der Waals surface area contributed by atoms with Gasteiger partial charge in [0.1, 0.15) is 5.82 Å². The van der Waals surface area contributed by atoms with Crippen molar-refractivity contribution in [3.8, 4) is 0 Å². The van der Waals surface area contributed by atoms with Crippen LogP contribution in [0.2, 0.25) is 0 Å². The van der Waals surface area contributed by atoms with Crippen LogP contribution in [0.15, 0.2) is 5.16 Å². The first-order valence-electron chi connectivity index (χ1n) is 7.50. The van der Waals surface area contributed by atoms with E-state index >= 15 is 0 Å². The molecule has 0 bridgehead atoms. The molecule has 21 heavy (non-hydrogen) atoms. The second kappa shape index (κ2) is 6.26. The molecule has 0 aliphatic carbocycles. The average molecular weight is 330 g/mol. The van der Waals surface area contributed by atoms with Crippen LogP contribution in [-0.4, -0.2) is 65.0 Å². The molecule has 0 saturated carbocycles. The number of sulfone groups is 1. The number of nitrogens with zero attached hydrogens (tertiary/aromatic N) is 4. The zero-order valence-corrected chi connectivity index (χ0v) is 14.0. The second-order valence-electron chi connectivity index (χ2n) is 5.90. The smallest absolute Gasteiger partial charge is 0.191 e. The maximum Gasteiger partial charge on any atom is 0.191 e. The molecular formula is C13H22N4O2S2. The normalized spacial score (nSPS) is 25.7. The van der Waals surface area contributed by atoms with E-state index in [0.717, 1.165) is 23.3 Å². The topological polar surface area (TPSA) is 68.1 Å². The lowest BCUT2D eigenvalue weighted by Crippen LogP contribution is -2.22. The zero-order valence-electron chi connectivity index (χ0n) is 12.4. The molecule has 3 rings (SSSR count). The Balaban J connectivity index is 1.57. The van der Waals surface area contributed by atoms with Crippen LogP contribution in [0.3, 0.4) is 0 Å². The summed E-state index contributed by atoms with van der Waals surface area (Å²) in [5.41, 5.74) is 0. The van der Waals surface area contributed by atoms with Crippen LogP contribution < -0.4 is 0 Å². The Morgan fingerprint density at radius 2 is 2.05 bits per heavy atom. The maximum absolute atomic E-state index is 11.6. The molecule has 6 nitrogen and oxygen atoms in total. The standard InChI is InChI=1S/C13H22N4O2S2/c1-16-12(11-4-9-21(18,19)10-11)14-15-13(16)20-8-7-17-5-2-3-6-17/h11H,2-10H2,1H3/t11-/m1/s1. The van der Waals surface area contributed by atoms with E-state index in [9.17, 15) is 8.42 Å². The van der Waals surface area contributed by atoms with E-state index < -0.39 is 9.84 Å². The van der Waals surface area contributed by atoms with Crippen molar-refractivity contribution >= 4 is 21.6 Å². The first-order chi connectivity index (χ1) is 10.1. The number of likely N-dealkylation sites (tertiary alicyclic amines) is 1. The Kier molecular flexibility index (Phi) is 4.56. The van der Waals surface area contributed by atoms with Gasteiger partial charge in [0.15, 0.2) is 15.0 Å². The lowest BCUT2D eigenvalue weighted by molar-refractivity contribution is 0.362. The molecule has 0 radical (unpaired) electrons. The minimum atomic E-state index is -2.87. The summed E-state index contributed by atoms with van der Waals surface area (Å²) in [6.45, 7) is 3.51. The first-order valence-corrected chi connectivity index (χ1v) is 10.3. The Morgan fingerprint density at radius 3 is 2.71 bits per heavy atom. The highest BCUT2D eigenvalue weighted by Crippen LogP contribution is 2.29. The predicted octanol–water partition coefficient (Wildman–Crippen LogP) is 0.905. The third kappa shape index (κ3) is 3.60. The molecule has 2 aliphatic heterocycles. The van der Waals surface area contributed by atoms with Crippen LogP contribution in [0, 0.1) is 0 Å². The van der Waals surface area contributed by atoms with Crippen molar-refractivity contribution in [3.63, 3.8) is 0 Å². The van der Waals surface area contributed by atoms with Gasteiger partial charge in [0.05, 0.1) is 11.5 Å². The quantitative estimate of drug-likeness (QED) is 0.748. The van der Waals surface area contributed by atoms with Gasteiger partial charge in [-0.25, -0.2) is 8.42 Å². The van der Waals surface area contributed by atoms with Gasteiger partial charge < -0.3 is 9.47 Å². The van der Waals surface area contributed by atoms with Crippen LogP contribution in [0.25, 0.3) is 0 Å². The molecule has 2 fully saturated rings. The van der Waals surface area contributed by atoms with Crippen molar-refractivity contribution in [2.24, 2.45) is 7.05 Å². The summed E-state index contributed by atoms with van der Waals surface area (Å²) in [5, 5.41) is 9.36. The molecule has 0 N–H and O–H groups in total. The molecular weight excluding hydrogens is 308 g/mol. The van der Waals surface area contributed by atoms with E-state index in [0.29, 0.717) is 6.42 Å². The second-order valence-corrected chi connectivity index (χ2v) is 9.19. The van der Waals surface area contributed by atoms with Crippen LogP contribution in [0.1, 0.15) is 31.0 Å². The number of aromatic nitrogens is 3. The van der Waals surface area contributed by atoms with Gasteiger partial charge in [-0.05, 0) is 32.4 Å². The number of rotatable bonds is 5. The summed E-state index contributed by atoms with van der Waals surface area (Å²) in [7, 11) is -0.931. The van der Waals surface area contributed by atoms with Gasteiger partial charge in [0.2, 0.25) is 0 Å². The lowest BCUT2D eigenvalue weighted by atomic mass is 10.1. The van der Waals surface area contributed by atoms with Crippen molar-refractivity contribution < 1.29 is 8.42 Å². The molecule has 2 aliphatic rings. The highest BCUT2D eigenvalue weighted by atomic mass is 32.2. The Bertz CT molecular complexity index is 593. The molecule has 2 saturated heterocycles. The van der Waals surface area contributed by atoms with Crippen LogP contribution in [0.5, 0.6) is 0 Å². The van der Waals surface area contributed by atoms with E-state index in [-0.39, 0.29) is 17.4 Å². The van der Waals surface area contributed by atoms with Gasteiger partial charge >= 0.3 is 0 Å². The largest absolute Gasteiger partial charge is 0.309 e. The molecule has 8 heteroatoms. The molecule has 1 aromatic rings. The zero-order chi connectivity index (χ0) is 14.9. The van der Waals surface area contributed by atoms with E-state index in [2.05, 4.69) is 15.1 Å². The van der Waals surface area contributed by atoms with Gasteiger partial charge in [-0.15, -0.1) is 10.2 Å². The number of hydrogen-bond donors (Lipinski definition) is 0. The third-order valence-corrected chi connectivity index (χ3v) is 7.07. The van der Waals surface area contributed by atoms with E-state index in [1.54, 1.807) is 11.8 Å². The maximum atomic E-state index is 11.6. The van der Waals surface area contributed by atoms with Gasteiger partial charge in [-0.2, -0.15) is 0 Å². The molecule has 0 aromatic carbocycles. The van der Waals surface area contributed by atoms with Gasteiger partial charge in [-0.1, -0.05) is 11.8 Å². The first kappa shape index (κ1) is 15.3. The summed E-state index contributed by atoms with van der Waals surface area (Å²) >= 11 is 1.71. The van der Waals surface area contributed by atoms with E-state index in [4.69, 9.17) is 0 Å². The van der Waals surface area contributed by atoms with Crippen molar-refractivity contribution in [3.05, 3.63) is 5.82 Å². The Labute approximate surface area is 130 Å². The number of hydrogen-bond acceptors (Lipinski definition) is 6. The molecule has 0 amide bonds.